The third-order valence-electron chi connectivity index (χ3n) is 5.33. The van der Waals surface area contributed by atoms with Crippen LogP contribution in [0.5, 0.6) is 0 Å². The summed E-state index contributed by atoms with van der Waals surface area (Å²) in [4.78, 5) is 17.1. The number of benzene rings is 2. The molecule has 0 saturated heterocycles. The Kier molecular flexibility index (Phi) is 4.61. The first-order valence-electron chi connectivity index (χ1n) is 9.42. The zero-order valence-electron chi connectivity index (χ0n) is 15.6. The van der Waals surface area contributed by atoms with Crippen LogP contribution in [-0.2, 0) is 11.2 Å². The maximum absolute atomic E-state index is 13.5. The molecule has 3 heteroatoms. The summed E-state index contributed by atoms with van der Waals surface area (Å²) in [5.74, 6) is -0.0950. The summed E-state index contributed by atoms with van der Waals surface area (Å²) >= 11 is 0. The van der Waals surface area contributed by atoms with Gasteiger partial charge in [-0.05, 0) is 47.6 Å². The second-order valence-electron chi connectivity index (χ2n) is 7.44. The molecule has 2 aromatic carbocycles. The maximum atomic E-state index is 13.5. The van der Waals surface area contributed by atoms with Crippen molar-refractivity contribution in [3.63, 3.8) is 0 Å². The highest BCUT2D eigenvalue weighted by Crippen LogP contribution is 2.39. The van der Waals surface area contributed by atoms with Gasteiger partial charge in [0.15, 0.2) is 0 Å². The Balaban J connectivity index is 1.98. The van der Waals surface area contributed by atoms with Gasteiger partial charge in [0.2, 0.25) is 0 Å². The lowest BCUT2D eigenvalue weighted by Gasteiger charge is -2.29. The Morgan fingerprint density at radius 3 is 2.56 bits per heavy atom. The molecule has 1 unspecified atom stereocenters. The Morgan fingerprint density at radius 1 is 1.11 bits per heavy atom. The topological polar surface area (TPSA) is 29.4 Å². The SMILES string of the molecule is CC(C)C1N=C2C(=CCCc3ccccc32)C(c2ccc(F)cc2)=C1C=O. The van der Waals surface area contributed by atoms with Crippen LogP contribution in [0.25, 0.3) is 5.57 Å². The van der Waals surface area contributed by atoms with Gasteiger partial charge >= 0.3 is 0 Å². The van der Waals surface area contributed by atoms with E-state index in [4.69, 9.17) is 4.99 Å². The summed E-state index contributed by atoms with van der Waals surface area (Å²) in [5.41, 5.74) is 6.80. The van der Waals surface area contributed by atoms with Gasteiger partial charge in [-0.25, -0.2) is 4.39 Å². The summed E-state index contributed by atoms with van der Waals surface area (Å²) in [6.07, 6.45) is 4.94. The number of rotatable bonds is 3. The van der Waals surface area contributed by atoms with Gasteiger partial charge in [-0.2, -0.15) is 0 Å². The van der Waals surface area contributed by atoms with Crippen LogP contribution in [0.3, 0.4) is 0 Å². The van der Waals surface area contributed by atoms with E-state index in [1.165, 1.54) is 17.7 Å². The number of hydrogen-bond acceptors (Lipinski definition) is 2. The van der Waals surface area contributed by atoms with Crippen LogP contribution >= 0.6 is 0 Å². The van der Waals surface area contributed by atoms with E-state index < -0.39 is 0 Å². The predicted octanol–water partition coefficient (Wildman–Crippen LogP) is 5.18. The van der Waals surface area contributed by atoms with E-state index in [1.54, 1.807) is 12.1 Å². The van der Waals surface area contributed by atoms with E-state index in [-0.39, 0.29) is 17.8 Å². The fourth-order valence-electron chi connectivity index (χ4n) is 4.03. The van der Waals surface area contributed by atoms with Gasteiger partial charge in [0.05, 0.1) is 11.8 Å². The molecule has 0 fully saturated rings. The minimum atomic E-state index is -0.280. The van der Waals surface area contributed by atoms with Crippen molar-refractivity contribution in [2.75, 3.05) is 0 Å². The Morgan fingerprint density at radius 2 is 1.85 bits per heavy atom. The Bertz CT molecular complexity index is 980. The number of aryl methyl sites for hydroxylation is 1. The highest BCUT2D eigenvalue weighted by molar-refractivity contribution is 6.25. The first-order chi connectivity index (χ1) is 13.1. The van der Waals surface area contributed by atoms with Crippen LogP contribution in [0.2, 0.25) is 0 Å². The Labute approximate surface area is 159 Å². The molecule has 1 aliphatic heterocycles. The molecule has 0 bridgehead atoms. The Hall–Kier alpha value is -2.81. The highest BCUT2D eigenvalue weighted by Gasteiger charge is 2.32. The van der Waals surface area contributed by atoms with Crippen LogP contribution in [0.1, 0.15) is 37.0 Å². The van der Waals surface area contributed by atoms with Crippen LogP contribution in [0.15, 0.2) is 70.7 Å². The van der Waals surface area contributed by atoms with Gasteiger partial charge in [0, 0.05) is 16.7 Å². The first-order valence-corrected chi connectivity index (χ1v) is 9.42. The van der Waals surface area contributed by atoms with E-state index in [0.717, 1.165) is 47.1 Å². The molecular weight excluding hydrogens is 337 g/mol. The summed E-state index contributed by atoms with van der Waals surface area (Å²) in [6.45, 7) is 4.16. The van der Waals surface area contributed by atoms with E-state index in [0.29, 0.717) is 5.57 Å². The third-order valence-corrected chi connectivity index (χ3v) is 5.33. The molecule has 1 aliphatic carbocycles. The number of nitrogens with zero attached hydrogens (tertiary/aromatic N) is 1. The molecular formula is C24H22FNO. The lowest BCUT2D eigenvalue weighted by atomic mass is 9.80. The van der Waals surface area contributed by atoms with Crippen LogP contribution in [0, 0.1) is 11.7 Å². The molecule has 0 spiro atoms. The second-order valence-corrected chi connectivity index (χ2v) is 7.44. The predicted molar refractivity (Wildman–Crippen MR) is 107 cm³/mol. The van der Waals surface area contributed by atoms with Crippen molar-refractivity contribution in [2.45, 2.75) is 32.7 Å². The molecule has 2 aliphatic rings. The highest BCUT2D eigenvalue weighted by atomic mass is 19.1. The quantitative estimate of drug-likeness (QED) is 0.695. The molecule has 0 amide bonds. The van der Waals surface area contributed by atoms with E-state index in [2.05, 4.69) is 38.1 Å². The second kappa shape index (κ2) is 7.07. The van der Waals surface area contributed by atoms with Crippen molar-refractivity contribution in [3.05, 3.63) is 88.3 Å². The largest absolute Gasteiger partial charge is 0.298 e. The average Bonchev–Trinajstić information content (AvgIpc) is 2.86. The summed E-state index contributed by atoms with van der Waals surface area (Å²) in [6, 6.07) is 14.6. The zero-order valence-corrected chi connectivity index (χ0v) is 15.6. The van der Waals surface area contributed by atoms with Gasteiger partial charge in [-0.1, -0.05) is 56.3 Å². The molecule has 4 rings (SSSR count). The molecule has 2 nitrogen and oxygen atoms in total. The molecule has 2 aromatic rings. The van der Waals surface area contributed by atoms with Crippen molar-refractivity contribution in [2.24, 2.45) is 10.9 Å². The number of hydrogen-bond donors (Lipinski definition) is 0. The number of aldehydes is 1. The van der Waals surface area contributed by atoms with E-state index >= 15 is 0 Å². The minimum absolute atomic E-state index is 0.185. The number of carbonyl (C=O) groups excluding carboxylic acids is 1. The number of dihydropyridines is 1. The number of halogens is 1. The van der Waals surface area contributed by atoms with Crippen molar-refractivity contribution < 1.29 is 9.18 Å². The van der Waals surface area contributed by atoms with Crippen LogP contribution in [0.4, 0.5) is 4.39 Å². The lowest BCUT2D eigenvalue weighted by Crippen LogP contribution is -2.27. The molecule has 1 atom stereocenters. The van der Waals surface area contributed by atoms with Gasteiger partial charge in [-0.3, -0.25) is 9.79 Å². The maximum Gasteiger partial charge on any atom is 0.148 e. The lowest BCUT2D eigenvalue weighted by molar-refractivity contribution is -0.105. The zero-order chi connectivity index (χ0) is 19.0. The van der Waals surface area contributed by atoms with E-state index in [9.17, 15) is 9.18 Å². The molecule has 27 heavy (non-hydrogen) atoms. The standard InChI is InChI=1S/C24H22FNO/c1-15(2)23-21(14-27)22(17-10-12-18(25)13-11-17)20-9-5-7-16-6-3-4-8-19(16)24(20)26-23/h3-4,6,8-15,23H,5,7H2,1-2H3. The molecule has 0 saturated carbocycles. The molecule has 0 radical (unpaired) electrons. The van der Waals surface area contributed by atoms with Gasteiger partial charge in [0.1, 0.15) is 12.1 Å². The van der Waals surface area contributed by atoms with Crippen LogP contribution < -0.4 is 0 Å². The fraction of sp³-hybridized carbons (Fsp3) is 0.250. The molecule has 136 valence electrons. The summed E-state index contributed by atoms with van der Waals surface area (Å²) in [5, 5.41) is 0. The number of fused-ring (bicyclic) bond motifs is 3. The molecule has 0 N–H and O–H groups in total. The van der Waals surface area contributed by atoms with Gasteiger partial charge in [0.25, 0.3) is 0 Å². The monoisotopic (exact) mass is 359 g/mol. The van der Waals surface area contributed by atoms with Crippen molar-refractivity contribution in [1.29, 1.82) is 0 Å². The third kappa shape index (κ3) is 3.08. The summed E-state index contributed by atoms with van der Waals surface area (Å²) in [7, 11) is 0. The molecule has 0 aromatic heterocycles. The van der Waals surface area contributed by atoms with Crippen molar-refractivity contribution in [3.8, 4) is 0 Å². The minimum Gasteiger partial charge on any atom is -0.298 e. The van der Waals surface area contributed by atoms with Gasteiger partial charge < -0.3 is 0 Å². The van der Waals surface area contributed by atoms with Gasteiger partial charge in [-0.15, -0.1) is 0 Å². The fourth-order valence-corrected chi connectivity index (χ4v) is 4.03. The van der Waals surface area contributed by atoms with Crippen molar-refractivity contribution >= 4 is 17.6 Å². The normalized spacial score (nSPS) is 19.0. The smallest absolute Gasteiger partial charge is 0.148 e. The van der Waals surface area contributed by atoms with Crippen molar-refractivity contribution in [1.82, 2.24) is 0 Å². The molecule has 1 heterocycles. The number of aliphatic imine (C=N–C) groups is 1. The number of allylic oxidation sites excluding steroid dienone is 3. The first kappa shape index (κ1) is 17.6. The summed E-state index contributed by atoms with van der Waals surface area (Å²) < 4.78 is 13.5. The number of carbonyl (C=O) groups is 1. The van der Waals surface area contributed by atoms with Crippen LogP contribution in [-0.4, -0.2) is 18.0 Å². The van der Waals surface area contributed by atoms with E-state index in [1.807, 2.05) is 6.07 Å². The average molecular weight is 359 g/mol.